The van der Waals surface area contributed by atoms with E-state index in [1.165, 1.54) is 17.7 Å². The van der Waals surface area contributed by atoms with Crippen LogP contribution in [0.3, 0.4) is 0 Å². The number of benzene rings is 2. The Balaban J connectivity index is 1.86. The van der Waals surface area contributed by atoms with Crippen molar-refractivity contribution in [2.75, 3.05) is 5.32 Å². The minimum absolute atomic E-state index is 0.211. The lowest BCUT2D eigenvalue weighted by Crippen LogP contribution is -2.11. The minimum atomic E-state index is -0.327. The molecular formula is C17H15FN2O. The number of fused-ring (bicyclic) bond motifs is 1. The van der Waals surface area contributed by atoms with E-state index >= 15 is 0 Å². The molecule has 0 atom stereocenters. The highest BCUT2D eigenvalue weighted by atomic mass is 19.1. The number of anilines is 1. The molecule has 0 fully saturated rings. The topological polar surface area (TPSA) is 44.9 Å². The van der Waals surface area contributed by atoms with Gasteiger partial charge in [-0.15, -0.1) is 0 Å². The van der Waals surface area contributed by atoms with Gasteiger partial charge in [0.1, 0.15) is 5.82 Å². The molecule has 0 radical (unpaired) electrons. The number of carbonyl (C=O) groups excluding carboxylic acids is 1. The number of aryl methyl sites for hydroxylation is 1. The Morgan fingerprint density at radius 3 is 2.67 bits per heavy atom. The quantitative estimate of drug-likeness (QED) is 0.745. The standard InChI is InChI=1S/C17H15FN2O/c1-2-11-3-6-13(7-4-11)20-17(21)15-10-19-16-9-12(18)5-8-14(15)16/h3-10,19H,2H2,1H3,(H,20,21). The summed E-state index contributed by atoms with van der Waals surface area (Å²) in [6.45, 7) is 2.08. The molecule has 4 heteroatoms. The van der Waals surface area contributed by atoms with Crippen molar-refractivity contribution in [3.05, 3.63) is 65.6 Å². The van der Waals surface area contributed by atoms with Crippen LogP contribution in [0.25, 0.3) is 10.9 Å². The Morgan fingerprint density at radius 1 is 1.19 bits per heavy atom. The average molecular weight is 282 g/mol. The van der Waals surface area contributed by atoms with Gasteiger partial charge >= 0.3 is 0 Å². The summed E-state index contributed by atoms with van der Waals surface area (Å²) < 4.78 is 13.1. The number of rotatable bonds is 3. The van der Waals surface area contributed by atoms with Crippen molar-refractivity contribution in [1.29, 1.82) is 0 Å². The Morgan fingerprint density at radius 2 is 1.95 bits per heavy atom. The van der Waals surface area contributed by atoms with Gasteiger partial charge in [-0.2, -0.15) is 0 Å². The summed E-state index contributed by atoms with van der Waals surface area (Å²) in [6.07, 6.45) is 2.56. The highest BCUT2D eigenvalue weighted by Gasteiger charge is 2.12. The van der Waals surface area contributed by atoms with Gasteiger partial charge in [-0.25, -0.2) is 4.39 Å². The maximum Gasteiger partial charge on any atom is 0.257 e. The third-order valence-corrected chi connectivity index (χ3v) is 3.51. The Hall–Kier alpha value is -2.62. The Labute approximate surface area is 121 Å². The lowest BCUT2D eigenvalue weighted by atomic mass is 10.1. The van der Waals surface area contributed by atoms with Crippen LogP contribution in [0.5, 0.6) is 0 Å². The number of carbonyl (C=O) groups is 1. The summed E-state index contributed by atoms with van der Waals surface area (Å²) in [5.74, 6) is -0.538. The fraction of sp³-hybridized carbons (Fsp3) is 0.118. The van der Waals surface area contributed by atoms with E-state index < -0.39 is 0 Å². The van der Waals surface area contributed by atoms with Crippen LogP contribution >= 0.6 is 0 Å². The second-order valence-electron chi connectivity index (χ2n) is 4.90. The van der Waals surface area contributed by atoms with E-state index in [-0.39, 0.29) is 11.7 Å². The van der Waals surface area contributed by atoms with Crippen molar-refractivity contribution in [1.82, 2.24) is 4.98 Å². The van der Waals surface area contributed by atoms with Gasteiger partial charge < -0.3 is 10.3 Å². The van der Waals surface area contributed by atoms with Crippen LogP contribution in [-0.4, -0.2) is 10.9 Å². The molecule has 0 aliphatic heterocycles. The maximum atomic E-state index is 13.1. The molecule has 1 heterocycles. The second-order valence-corrected chi connectivity index (χ2v) is 4.90. The molecule has 106 valence electrons. The van der Waals surface area contributed by atoms with Crippen LogP contribution < -0.4 is 5.32 Å². The monoisotopic (exact) mass is 282 g/mol. The number of aromatic nitrogens is 1. The third-order valence-electron chi connectivity index (χ3n) is 3.51. The molecule has 3 aromatic rings. The largest absolute Gasteiger partial charge is 0.360 e. The molecule has 0 unspecified atom stereocenters. The lowest BCUT2D eigenvalue weighted by molar-refractivity contribution is 0.102. The third kappa shape index (κ3) is 2.65. The van der Waals surface area contributed by atoms with Gasteiger partial charge in [0.25, 0.3) is 5.91 Å². The summed E-state index contributed by atoms with van der Waals surface area (Å²) >= 11 is 0. The molecule has 3 rings (SSSR count). The molecule has 2 aromatic carbocycles. The van der Waals surface area contributed by atoms with Gasteiger partial charge in [0.15, 0.2) is 0 Å². The molecule has 3 nitrogen and oxygen atoms in total. The van der Waals surface area contributed by atoms with Crippen LogP contribution in [0.4, 0.5) is 10.1 Å². The first-order valence-corrected chi connectivity index (χ1v) is 6.84. The minimum Gasteiger partial charge on any atom is -0.360 e. The summed E-state index contributed by atoms with van der Waals surface area (Å²) in [7, 11) is 0. The van der Waals surface area contributed by atoms with E-state index in [0.29, 0.717) is 16.5 Å². The van der Waals surface area contributed by atoms with Gasteiger partial charge in [0.2, 0.25) is 0 Å². The van der Waals surface area contributed by atoms with Gasteiger partial charge in [-0.05, 0) is 42.3 Å². The van der Waals surface area contributed by atoms with Crippen molar-refractivity contribution < 1.29 is 9.18 Å². The van der Waals surface area contributed by atoms with E-state index in [1.54, 1.807) is 12.3 Å². The van der Waals surface area contributed by atoms with Gasteiger partial charge in [0.05, 0.1) is 5.56 Å². The molecule has 0 aliphatic rings. The summed E-state index contributed by atoms with van der Waals surface area (Å²) in [5, 5.41) is 3.56. The molecule has 0 saturated carbocycles. The zero-order chi connectivity index (χ0) is 14.8. The molecule has 2 N–H and O–H groups in total. The molecule has 21 heavy (non-hydrogen) atoms. The van der Waals surface area contributed by atoms with Gasteiger partial charge in [-0.3, -0.25) is 4.79 Å². The highest BCUT2D eigenvalue weighted by molar-refractivity contribution is 6.12. The number of amides is 1. The van der Waals surface area contributed by atoms with Crippen LogP contribution in [0.15, 0.2) is 48.7 Å². The first kappa shape index (κ1) is 13.4. The van der Waals surface area contributed by atoms with Gasteiger partial charge in [0, 0.05) is 22.8 Å². The van der Waals surface area contributed by atoms with Crippen molar-refractivity contribution >= 4 is 22.5 Å². The Kier molecular flexibility index (Phi) is 3.44. The fourth-order valence-electron chi connectivity index (χ4n) is 2.31. The number of hydrogen-bond acceptors (Lipinski definition) is 1. The molecule has 0 bridgehead atoms. The first-order chi connectivity index (χ1) is 10.2. The number of halogens is 1. The first-order valence-electron chi connectivity index (χ1n) is 6.84. The number of aromatic amines is 1. The smallest absolute Gasteiger partial charge is 0.257 e. The predicted molar refractivity (Wildman–Crippen MR) is 82.0 cm³/mol. The van der Waals surface area contributed by atoms with Crippen molar-refractivity contribution in [2.45, 2.75) is 13.3 Å². The number of H-pyrrole nitrogens is 1. The summed E-state index contributed by atoms with van der Waals surface area (Å²) in [4.78, 5) is 15.2. The molecule has 0 saturated heterocycles. The van der Waals surface area contributed by atoms with Crippen molar-refractivity contribution in [3.63, 3.8) is 0 Å². The van der Waals surface area contributed by atoms with E-state index in [1.807, 2.05) is 24.3 Å². The SMILES string of the molecule is CCc1ccc(NC(=O)c2c[nH]c3cc(F)ccc23)cc1. The van der Waals surface area contributed by atoms with Crippen molar-refractivity contribution in [3.8, 4) is 0 Å². The van der Waals surface area contributed by atoms with Crippen LogP contribution in [-0.2, 0) is 6.42 Å². The highest BCUT2D eigenvalue weighted by Crippen LogP contribution is 2.20. The molecule has 0 spiro atoms. The number of nitrogens with one attached hydrogen (secondary N) is 2. The second kappa shape index (κ2) is 5.40. The summed E-state index contributed by atoms with van der Waals surface area (Å²) in [6, 6.07) is 12.1. The molecular weight excluding hydrogens is 267 g/mol. The normalized spacial score (nSPS) is 10.8. The van der Waals surface area contributed by atoms with E-state index in [9.17, 15) is 9.18 Å². The Bertz CT molecular complexity index is 790. The maximum absolute atomic E-state index is 13.1. The van der Waals surface area contributed by atoms with Crippen molar-refractivity contribution in [2.24, 2.45) is 0 Å². The van der Waals surface area contributed by atoms with E-state index in [2.05, 4.69) is 17.2 Å². The molecule has 1 amide bonds. The van der Waals surface area contributed by atoms with Gasteiger partial charge in [-0.1, -0.05) is 19.1 Å². The fourth-order valence-corrected chi connectivity index (χ4v) is 2.31. The van der Waals surface area contributed by atoms with E-state index in [0.717, 1.165) is 12.1 Å². The van der Waals surface area contributed by atoms with E-state index in [4.69, 9.17) is 0 Å². The summed E-state index contributed by atoms with van der Waals surface area (Å²) in [5.41, 5.74) is 3.08. The molecule has 1 aromatic heterocycles. The zero-order valence-corrected chi connectivity index (χ0v) is 11.6. The number of hydrogen-bond donors (Lipinski definition) is 2. The zero-order valence-electron chi connectivity index (χ0n) is 11.6. The average Bonchev–Trinajstić information content (AvgIpc) is 2.91. The van der Waals surface area contributed by atoms with Crippen LogP contribution in [0.1, 0.15) is 22.8 Å². The molecule has 0 aliphatic carbocycles. The van der Waals surface area contributed by atoms with Crippen LogP contribution in [0, 0.1) is 5.82 Å². The lowest BCUT2D eigenvalue weighted by Gasteiger charge is -2.05. The van der Waals surface area contributed by atoms with Crippen LogP contribution in [0.2, 0.25) is 0 Å². The predicted octanol–water partition coefficient (Wildman–Crippen LogP) is 4.12.